The van der Waals surface area contributed by atoms with Crippen LogP contribution in [0.3, 0.4) is 0 Å². The summed E-state index contributed by atoms with van der Waals surface area (Å²) in [4.78, 5) is 12.6. The van der Waals surface area contributed by atoms with Gasteiger partial charge >= 0.3 is 0 Å². The Bertz CT molecular complexity index is 986. The van der Waals surface area contributed by atoms with Crippen molar-refractivity contribution in [2.45, 2.75) is 31.0 Å². The SMILES string of the molecule is COc1ccc(-[n+]2noc([O-])c2SC(C)C(=O)Nc2ccc(C)c(C)c2)cc1. The van der Waals surface area contributed by atoms with Crippen LogP contribution in [0.25, 0.3) is 5.69 Å². The Morgan fingerprint density at radius 2 is 1.93 bits per heavy atom. The number of aromatic nitrogens is 2. The van der Waals surface area contributed by atoms with Gasteiger partial charge in [-0.1, -0.05) is 6.07 Å². The quantitative estimate of drug-likeness (QED) is 0.506. The molecular weight excluding hydrogens is 378 g/mol. The monoisotopic (exact) mass is 399 g/mol. The van der Waals surface area contributed by atoms with E-state index in [0.717, 1.165) is 28.6 Å². The third-order valence-corrected chi connectivity index (χ3v) is 5.45. The molecule has 8 heteroatoms. The number of nitrogens with one attached hydrogen (secondary N) is 1. The van der Waals surface area contributed by atoms with Gasteiger partial charge in [-0.15, -0.1) is 0 Å². The van der Waals surface area contributed by atoms with Crippen molar-refractivity contribution in [3.8, 4) is 17.4 Å². The van der Waals surface area contributed by atoms with E-state index in [1.807, 2.05) is 32.0 Å². The van der Waals surface area contributed by atoms with Crippen LogP contribution in [0.4, 0.5) is 5.69 Å². The fourth-order valence-corrected chi connectivity index (χ4v) is 3.38. The van der Waals surface area contributed by atoms with Crippen LogP contribution in [0.2, 0.25) is 0 Å². The molecule has 0 saturated heterocycles. The first-order valence-corrected chi connectivity index (χ1v) is 9.55. The van der Waals surface area contributed by atoms with Crippen molar-refractivity contribution >= 4 is 23.4 Å². The average molecular weight is 399 g/mol. The highest BCUT2D eigenvalue weighted by atomic mass is 32.2. The fourth-order valence-electron chi connectivity index (χ4n) is 2.51. The molecule has 1 aromatic heterocycles. The van der Waals surface area contributed by atoms with Crippen LogP contribution < -0.4 is 19.8 Å². The van der Waals surface area contributed by atoms with E-state index in [2.05, 4.69) is 10.6 Å². The average Bonchev–Trinajstić information content (AvgIpc) is 3.05. The molecular formula is C20H21N3O4S. The van der Waals surface area contributed by atoms with Crippen molar-refractivity contribution < 1.29 is 23.8 Å². The summed E-state index contributed by atoms with van der Waals surface area (Å²) in [7, 11) is 1.57. The molecule has 0 spiro atoms. The van der Waals surface area contributed by atoms with Gasteiger partial charge in [-0.3, -0.25) is 4.79 Å². The molecule has 1 heterocycles. The summed E-state index contributed by atoms with van der Waals surface area (Å²) < 4.78 is 11.3. The number of anilines is 1. The van der Waals surface area contributed by atoms with Gasteiger partial charge in [0.05, 0.1) is 17.6 Å². The zero-order valence-corrected chi connectivity index (χ0v) is 16.9. The molecule has 1 atom stereocenters. The van der Waals surface area contributed by atoms with Gasteiger partial charge in [-0.25, -0.2) is 0 Å². The number of methoxy groups -OCH3 is 1. The molecule has 0 aliphatic carbocycles. The standard InChI is InChI=1S/C20H21N3O4S/c1-12-5-6-15(11-13(12)2)21-18(24)14(3)28-19-20(25)27-22-23(19)16-7-9-17(26-4)10-8-16/h5-11,14H,1-4H3,(H-,21,22,24,25). The predicted molar refractivity (Wildman–Crippen MR) is 104 cm³/mol. The summed E-state index contributed by atoms with van der Waals surface area (Å²) >= 11 is 1.09. The Morgan fingerprint density at radius 1 is 1.21 bits per heavy atom. The molecule has 2 aromatic carbocycles. The highest BCUT2D eigenvalue weighted by molar-refractivity contribution is 8.00. The lowest BCUT2D eigenvalue weighted by Gasteiger charge is -2.11. The van der Waals surface area contributed by atoms with E-state index in [1.165, 1.54) is 4.68 Å². The summed E-state index contributed by atoms with van der Waals surface area (Å²) in [5, 5.41) is 18.5. The van der Waals surface area contributed by atoms with Gasteiger partial charge in [-0.05, 0) is 72.6 Å². The molecule has 0 fully saturated rings. The van der Waals surface area contributed by atoms with Gasteiger partial charge < -0.3 is 19.7 Å². The van der Waals surface area contributed by atoms with Crippen molar-refractivity contribution in [2.75, 3.05) is 12.4 Å². The second kappa shape index (κ2) is 8.35. The maximum absolute atomic E-state index is 12.6. The maximum Gasteiger partial charge on any atom is 0.298 e. The van der Waals surface area contributed by atoms with E-state index in [9.17, 15) is 9.90 Å². The molecule has 1 amide bonds. The van der Waals surface area contributed by atoms with E-state index in [-0.39, 0.29) is 10.9 Å². The second-order valence-electron chi connectivity index (χ2n) is 6.32. The number of carbonyl (C=O) groups is 1. The molecule has 7 nitrogen and oxygen atoms in total. The summed E-state index contributed by atoms with van der Waals surface area (Å²) in [5.41, 5.74) is 3.60. The first-order chi connectivity index (χ1) is 13.4. The van der Waals surface area contributed by atoms with Gasteiger partial charge in [0.2, 0.25) is 11.6 Å². The van der Waals surface area contributed by atoms with Crippen LogP contribution in [0.5, 0.6) is 11.7 Å². The number of hydrogen-bond acceptors (Lipinski definition) is 6. The minimum absolute atomic E-state index is 0.213. The number of nitrogens with zero attached hydrogens (tertiary/aromatic N) is 2. The largest absolute Gasteiger partial charge is 0.538 e. The third kappa shape index (κ3) is 4.28. The highest BCUT2D eigenvalue weighted by Crippen LogP contribution is 2.28. The predicted octanol–water partition coefficient (Wildman–Crippen LogP) is 2.77. The first kappa shape index (κ1) is 19.8. The number of benzene rings is 2. The fraction of sp³-hybridized carbons (Fsp3) is 0.250. The lowest BCUT2D eigenvalue weighted by molar-refractivity contribution is -0.705. The highest BCUT2D eigenvalue weighted by Gasteiger charge is 2.26. The number of aryl methyl sites for hydroxylation is 2. The lowest BCUT2D eigenvalue weighted by atomic mass is 10.1. The zero-order valence-electron chi connectivity index (χ0n) is 16.1. The van der Waals surface area contributed by atoms with Crippen LogP contribution in [0.15, 0.2) is 52.0 Å². The van der Waals surface area contributed by atoms with Gasteiger partial charge in [0.1, 0.15) is 5.75 Å². The van der Waals surface area contributed by atoms with E-state index in [4.69, 9.17) is 9.26 Å². The molecule has 0 aliphatic heterocycles. The van der Waals surface area contributed by atoms with E-state index < -0.39 is 11.2 Å². The van der Waals surface area contributed by atoms with Crippen molar-refractivity contribution in [1.29, 1.82) is 0 Å². The van der Waals surface area contributed by atoms with E-state index in [0.29, 0.717) is 11.4 Å². The summed E-state index contributed by atoms with van der Waals surface area (Å²) in [6, 6.07) is 12.7. The molecule has 3 aromatic rings. The maximum atomic E-state index is 12.6. The van der Waals surface area contributed by atoms with Crippen LogP contribution >= 0.6 is 11.8 Å². The number of ether oxygens (including phenoxy) is 1. The number of thioether (sulfide) groups is 1. The second-order valence-corrected chi connectivity index (χ2v) is 7.65. The molecule has 1 unspecified atom stereocenters. The summed E-state index contributed by atoms with van der Waals surface area (Å²) in [5.74, 6) is -0.118. The van der Waals surface area contributed by atoms with Crippen molar-refractivity contribution in [3.05, 3.63) is 53.6 Å². The summed E-state index contributed by atoms with van der Waals surface area (Å²) in [6.07, 6.45) is 0. The number of carbonyl (C=O) groups excluding carboxylic acids is 1. The molecule has 0 aliphatic rings. The Kier molecular flexibility index (Phi) is 5.89. The number of hydrogen-bond donors (Lipinski definition) is 1. The Morgan fingerprint density at radius 3 is 2.57 bits per heavy atom. The van der Waals surface area contributed by atoms with Crippen molar-refractivity contribution in [3.63, 3.8) is 0 Å². The third-order valence-electron chi connectivity index (χ3n) is 4.32. The van der Waals surface area contributed by atoms with Crippen LogP contribution in [-0.2, 0) is 4.79 Å². The number of rotatable bonds is 6. The Balaban J connectivity index is 1.76. The van der Waals surface area contributed by atoms with E-state index >= 15 is 0 Å². The van der Waals surface area contributed by atoms with E-state index in [1.54, 1.807) is 38.3 Å². The topological polar surface area (TPSA) is 91.3 Å². The van der Waals surface area contributed by atoms with Crippen molar-refractivity contribution in [2.24, 2.45) is 0 Å². The van der Waals surface area contributed by atoms with Gasteiger partial charge in [0.15, 0.2) is 5.95 Å². The first-order valence-electron chi connectivity index (χ1n) is 8.67. The lowest BCUT2D eigenvalue weighted by Crippen LogP contribution is -2.36. The van der Waals surface area contributed by atoms with Crippen LogP contribution in [0, 0.1) is 13.8 Å². The normalized spacial score (nSPS) is 11.9. The minimum Gasteiger partial charge on any atom is -0.538 e. The molecule has 3 rings (SSSR count). The zero-order chi connectivity index (χ0) is 20.3. The van der Waals surface area contributed by atoms with Gasteiger partial charge in [0, 0.05) is 17.8 Å². The molecule has 146 valence electrons. The van der Waals surface area contributed by atoms with Crippen LogP contribution in [-0.4, -0.2) is 23.5 Å². The Labute approximate surface area is 167 Å². The smallest absolute Gasteiger partial charge is 0.298 e. The van der Waals surface area contributed by atoms with Gasteiger partial charge in [0.25, 0.3) is 5.03 Å². The molecule has 0 bridgehead atoms. The molecule has 1 N–H and O–H groups in total. The molecule has 0 saturated carbocycles. The molecule has 0 radical (unpaired) electrons. The number of amides is 1. The summed E-state index contributed by atoms with van der Waals surface area (Å²) in [6.45, 7) is 5.73. The van der Waals surface area contributed by atoms with Crippen molar-refractivity contribution in [1.82, 2.24) is 5.27 Å². The Hall–Kier alpha value is -3.00. The molecule has 28 heavy (non-hydrogen) atoms. The minimum atomic E-state index is -0.591. The van der Waals surface area contributed by atoms with Gasteiger partial charge in [-0.2, -0.15) is 0 Å². The van der Waals surface area contributed by atoms with Crippen LogP contribution in [0.1, 0.15) is 18.1 Å².